The minimum atomic E-state index is -0.394. The van der Waals surface area contributed by atoms with E-state index in [1.54, 1.807) is 6.07 Å². The molecule has 0 spiro atoms. The molecule has 2 aliphatic rings. The number of fused-ring (bicyclic) bond motifs is 4. The predicted molar refractivity (Wildman–Crippen MR) is 82.3 cm³/mol. The largest absolute Gasteiger partial charge is 0.330 e. The standard InChI is InChI=1S/C18H18F2N2O/c19-15-4-5-16(20)13(7-15)10-21-8-12-6-14(11-21)17-2-1-3-18(23)22(17)9-12/h1-5,7,12,14H,6,8-11H2/p+1/t12-,14+/m0/s1. The Morgan fingerprint density at radius 1 is 1.17 bits per heavy atom. The second-order valence-corrected chi connectivity index (χ2v) is 6.77. The van der Waals surface area contributed by atoms with Gasteiger partial charge in [-0.15, -0.1) is 0 Å². The molecular weight excluding hydrogens is 298 g/mol. The van der Waals surface area contributed by atoms with Crippen LogP contribution in [0.1, 0.15) is 23.6 Å². The Morgan fingerprint density at radius 3 is 2.91 bits per heavy atom. The molecule has 3 nitrogen and oxygen atoms in total. The molecule has 3 atom stereocenters. The van der Waals surface area contributed by atoms with Gasteiger partial charge in [-0.05, 0) is 30.7 Å². The molecule has 2 aliphatic heterocycles. The number of quaternary nitrogens is 1. The van der Waals surface area contributed by atoms with Crippen LogP contribution in [0.3, 0.4) is 0 Å². The number of rotatable bonds is 2. The van der Waals surface area contributed by atoms with Crippen molar-refractivity contribution in [1.82, 2.24) is 4.57 Å². The van der Waals surface area contributed by atoms with Crippen LogP contribution in [0.25, 0.3) is 0 Å². The summed E-state index contributed by atoms with van der Waals surface area (Å²) < 4.78 is 29.1. The lowest BCUT2D eigenvalue weighted by Gasteiger charge is -2.40. The maximum Gasteiger partial charge on any atom is 0.250 e. The van der Waals surface area contributed by atoms with Crippen LogP contribution in [0.4, 0.5) is 8.78 Å². The Balaban J connectivity index is 1.59. The molecule has 23 heavy (non-hydrogen) atoms. The highest BCUT2D eigenvalue weighted by Gasteiger charge is 2.37. The molecule has 2 aromatic rings. The molecule has 1 N–H and O–H groups in total. The molecule has 3 heterocycles. The molecule has 1 fully saturated rings. The van der Waals surface area contributed by atoms with Gasteiger partial charge in [0.05, 0.1) is 13.1 Å². The second-order valence-electron chi connectivity index (χ2n) is 6.77. The highest BCUT2D eigenvalue weighted by molar-refractivity contribution is 5.18. The lowest BCUT2D eigenvalue weighted by molar-refractivity contribution is -0.924. The third kappa shape index (κ3) is 2.70. The summed E-state index contributed by atoms with van der Waals surface area (Å²) in [5.41, 5.74) is 1.59. The van der Waals surface area contributed by atoms with Gasteiger partial charge in [-0.25, -0.2) is 8.78 Å². The average molecular weight is 317 g/mol. The molecule has 0 saturated carbocycles. The summed E-state index contributed by atoms with van der Waals surface area (Å²) in [6.45, 7) is 2.98. The van der Waals surface area contributed by atoms with Gasteiger partial charge in [-0.1, -0.05) is 6.07 Å². The summed E-state index contributed by atoms with van der Waals surface area (Å²) >= 11 is 0. The van der Waals surface area contributed by atoms with E-state index >= 15 is 0 Å². The van der Waals surface area contributed by atoms with Crippen molar-refractivity contribution < 1.29 is 13.7 Å². The Kier molecular flexibility index (Phi) is 3.53. The Hall–Kier alpha value is -2.01. The van der Waals surface area contributed by atoms with E-state index in [9.17, 15) is 13.6 Å². The zero-order chi connectivity index (χ0) is 16.0. The van der Waals surface area contributed by atoms with Gasteiger partial charge in [0.25, 0.3) is 5.56 Å². The van der Waals surface area contributed by atoms with E-state index in [1.165, 1.54) is 17.0 Å². The number of pyridine rings is 1. The van der Waals surface area contributed by atoms with E-state index in [0.29, 0.717) is 23.9 Å². The number of likely N-dealkylation sites (tertiary alicyclic amines) is 1. The van der Waals surface area contributed by atoms with Crippen LogP contribution in [-0.4, -0.2) is 17.7 Å². The first-order valence-corrected chi connectivity index (χ1v) is 8.07. The van der Waals surface area contributed by atoms with Crippen molar-refractivity contribution >= 4 is 0 Å². The molecule has 0 amide bonds. The summed E-state index contributed by atoms with van der Waals surface area (Å²) in [5.74, 6) is 0.0112. The molecule has 1 saturated heterocycles. The fourth-order valence-corrected chi connectivity index (χ4v) is 4.21. The van der Waals surface area contributed by atoms with Gasteiger partial charge < -0.3 is 9.47 Å². The van der Waals surface area contributed by atoms with Gasteiger partial charge in [0.1, 0.15) is 18.2 Å². The summed E-state index contributed by atoms with van der Waals surface area (Å²) in [4.78, 5) is 13.3. The summed E-state index contributed by atoms with van der Waals surface area (Å²) in [5, 5.41) is 0. The number of nitrogens with zero attached hydrogens (tertiary/aromatic N) is 1. The molecule has 1 unspecified atom stereocenters. The number of benzene rings is 1. The van der Waals surface area contributed by atoms with Crippen LogP contribution in [0, 0.1) is 17.6 Å². The monoisotopic (exact) mass is 317 g/mol. The van der Waals surface area contributed by atoms with Crippen molar-refractivity contribution in [1.29, 1.82) is 0 Å². The first-order chi connectivity index (χ1) is 11.1. The van der Waals surface area contributed by atoms with Crippen LogP contribution in [0.15, 0.2) is 41.2 Å². The van der Waals surface area contributed by atoms with Crippen molar-refractivity contribution in [2.45, 2.75) is 25.4 Å². The number of nitrogens with one attached hydrogen (secondary N) is 1. The molecule has 0 aliphatic carbocycles. The average Bonchev–Trinajstić information content (AvgIpc) is 2.52. The van der Waals surface area contributed by atoms with Gasteiger partial charge in [0, 0.05) is 35.7 Å². The third-order valence-electron chi connectivity index (χ3n) is 5.12. The summed E-state index contributed by atoms with van der Waals surface area (Å²) in [7, 11) is 0. The molecule has 5 heteroatoms. The lowest BCUT2D eigenvalue weighted by atomic mass is 9.83. The van der Waals surface area contributed by atoms with E-state index in [2.05, 4.69) is 0 Å². The number of hydrogen-bond donors (Lipinski definition) is 1. The lowest BCUT2D eigenvalue weighted by Crippen LogP contribution is -3.13. The van der Waals surface area contributed by atoms with Crippen molar-refractivity contribution in [3.63, 3.8) is 0 Å². The van der Waals surface area contributed by atoms with Gasteiger partial charge in [-0.2, -0.15) is 0 Å². The molecule has 1 aromatic carbocycles. The molecule has 2 bridgehead atoms. The highest BCUT2D eigenvalue weighted by Crippen LogP contribution is 2.30. The topological polar surface area (TPSA) is 26.4 Å². The third-order valence-corrected chi connectivity index (χ3v) is 5.12. The number of piperidine rings is 1. The fraction of sp³-hybridized carbons (Fsp3) is 0.389. The van der Waals surface area contributed by atoms with Gasteiger partial charge in [0.15, 0.2) is 0 Å². The van der Waals surface area contributed by atoms with Crippen LogP contribution in [0.5, 0.6) is 0 Å². The van der Waals surface area contributed by atoms with Crippen LogP contribution in [-0.2, 0) is 13.1 Å². The van der Waals surface area contributed by atoms with Crippen molar-refractivity contribution in [2.24, 2.45) is 5.92 Å². The maximum absolute atomic E-state index is 13.9. The minimum absolute atomic E-state index is 0.0665. The Labute approximate surface area is 133 Å². The van der Waals surface area contributed by atoms with Gasteiger partial charge in [-0.3, -0.25) is 4.79 Å². The Morgan fingerprint density at radius 2 is 2.04 bits per heavy atom. The van der Waals surface area contributed by atoms with E-state index in [0.717, 1.165) is 37.8 Å². The summed E-state index contributed by atoms with van der Waals surface area (Å²) in [6, 6.07) is 9.09. The first kappa shape index (κ1) is 14.6. The normalized spacial score (nSPS) is 25.9. The van der Waals surface area contributed by atoms with Gasteiger partial charge in [0.2, 0.25) is 0 Å². The molecule has 1 aromatic heterocycles. The summed E-state index contributed by atoms with van der Waals surface area (Å²) in [6.07, 6.45) is 1.08. The van der Waals surface area contributed by atoms with Crippen molar-refractivity contribution in [2.75, 3.05) is 13.1 Å². The molecule has 120 valence electrons. The number of aromatic nitrogens is 1. The van der Waals surface area contributed by atoms with Gasteiger partial charge >= 0.3 is 0 Å². The number of hydrogen-bond acceptors (Lipinski definition) is 1. The van der Waals surface area contributed by atoms with E-state index in [-0.39, 0.29) is 11.4 Å². The number of halogens is 2. The quantitative estimate of drug-likeness (QED) is 0.889. The maximum atomic E-state index is 13.9. The smallest absolute Gasteiger partial charge is 0.250 e. The van der Waals surface area contributed by atoms with Crippen LogP contribution in [0.2, 0.25) is 0 Å². The van der Waals surface area contributed by atoms with Crippen molar-refractivity contribution in [3.05, 3.63) is 69.6 Å². The minimum Gasteiger partial charge on any atom is -0.330 e. The second kappa shape index (κ2) is 5.57. The van der Waals surface area contributed by atoms with Crippen molar-refractivity contribution in [3.8, 4) is 0 Å². The predicted octanol–water partition coefficient (Wildman–Crippen LogP) is 1.33. The fourth-order valence-electron chi connectivity index (χ4n) is 4.21. The van der Waals surface area contributed by atoms with E-state index < -0.39 is 5.82 Å². The molecule has 4 rings (SSSR count). The Bertz CT molecular complexity index is 802. The van der Waals surface area contributed by atoms with E-state index in [1.807, 2.05) is 16.7 Å². The SMILES string of the molecule is O=c1cccc2n1C[C@H]1C[C@@H]2C[NH+](Cc2cc(F)ccc2F)C1. The zero-order valence-corrected chi connectivity index (χ0v) is 12.8. The van der Waals surface area contributed by atoms with Crippen LogP contribution < -0.4 is 10.5 Å². The zero-order valence-electron chi connectivity index (χ0n) is 12.8. The highest BCUT2D eigenvalue weighted by atomic mass is 19.1. The first-order valence-electron chi connectivity index (χ1n) is 8.07. The molecular formula is C18H19F2N2O+. The van der Waals surface area contributed by atoms with Crippen LogP contribution >= 0.6 is 0 Å². The van der Waals surface area contributed by atoms with E-state index in [4.69, 9.17) is 0 Å². The molecule has 0 radical (unpaired) electrons.